The molecule has 0 saturated heterocycles. The summed E-state index contributed by atoms with van der Waals surface area (Å²) in [7, 11) is 2.10. The Morgan fingerprint density at radius 3 is 2.81 bits per heavy atom. The van der Waals surface area contributed by atoms with E-state index in [2.05, 4.69) is 36.6 Å². The van der Waals surface area contributed by atoms with Crippen LogP contribution in [0.3, 0.4) is 0 Å². The van der Waals surface area contributed by atoms with Gasteiger partial charge in [-0.15, -0.1) is 11.3 Å². The number of aromatic nitrogens is 1. The maximum Gasteiger partial charge on any atom is 0.118 e. The normalized spacial score (nSPS) is 24.4. The van der Waals surface area contributed by atoms with Crippen LogP contribution in [0.15, 0.2) is 24.3 Å². The average Bonchev–Trinajstić information content (AvgIpc) is 2.98. The summed E-state index contributed by atoms with van der Waals surface area (Å²) in [5, 5.41) is 4.94. The zero-order valence-electron chi connectivity index (χ0n) is 12.6. The molecule has 2 aromatic rings. The largest absolute Gasteiger partial charge is 0.305 e. The SMILES string of the molecule is CNC1(c2nc3c(s2)CCCC3)CCCc2ccccc21. The van der Waals surface area contributed by atoms with Gasteiger partial charge in [0.25, 0.3) is 0 Å². The lowest BCUT2D eigenvalue weighted by Gasteiger charge is -2.37. The van der Waals surface area contributed by atoms with Gasteiger partial charge in [-0.05, 0) is 63.1 Å². The molecule has 3 heteroatoms. The Bertz CT molecular complexity index is 637. The van der Waals surface area contributed by atoms with E-state index in [1.165, 1.54) is 65.2 Å². The molecule has 2 aliphatic carbocycles. The van der Waals surface area contributed by atoms with E-state index in [1.54, 1.807) is 0 Å². The van der Waals surface area contributed by atoms with Gasteiger partial charge < -0.3 is 5.32 Å². The third-order valence-corrected chi connectivity index (χ3v) is 6.43. The highest BCUT2D eigenvalue weighted by atomic mass is 32.1. The maximum absolute atomic E-state index is 5.07. The Morgan fingerprint density at radius 1 is 1.10 bits per heavy atom. The first-order chi connectivity index (χ1) is 10.3. The highest BCUT2D eigenvalue weighted by Crippen LogP contribution is 2.43. The topological polar surface area (TPSA) is 24.9 Å². The van der Waals surface area contributed by atoms with Crippen LogP contribution >= 0.6 is 11.3 Å². The van der Waals surface area contributed by atoms with Crippen molar-refractivity contribution in [2.75, 3.05) is 7.05 Å². The number of aryl methyl sites for hydroxylation is 3. The third-order valence-electron chi connectivity index (χ3n) is 5.11. The van der Waals surface area contributed by atoms with Crippen LogP contribution in [-0.2, 0) is 24.8 Å². The number of thiazole rings is 1. The van der Waals surface area contributed by atoms with Crippen LogP contribution in [0.2, 0.25) is 0 Å². The fourth-order valence-electron chi connectivity index (χ4n) is 3.96. The van der Waals surface area contributed by atoms with Gasteiger partial charge in [-0.25, -0.2) is 4.98 Å². The standard InChI is InChI=1S/C18H22N2S/c1-19-18(12-6-8-13-7-2-3-9-14(13)18)17-20-15-10-4-5-11-16(15)21-17/h2-3,7,9,19H,4-6,8,10-12H2,1H3. The van der Waals surface area contributed by atoms with Crippen molar-refractivity contribution in [3.05, 3.63) is 51.0 Å². The van der Waals surface area contributed by atoms with E-state index >= 15 is 0 Å². The highest BCUT2D eigenvalue weighted by molar-refractivity contribution is 7.12. The second kappa shape index (κ2) is 5.22. The number of fused-ring (bicyclic) bond motifs is 2. The van der Waals surface area contributed by atoms with E-state index in [1.807, 2.05) is 11.3 Å². The van der Waals surface area contributed by atoms with Crippen LogP contribution in [0.4, 0.5) is 0 Å². The van der Waals surface area contributed by atoms with Gasteiger partial charge in [0.2, 0.25) is 0 Å². The van der Waals surface area contributed by atoms with Crippen molar-refractivity contribution in [1.82, 2.24) is 10.3 Å². The molecule has 110 valence electrons. The lowest BCUT2D eigenvalue weighted by Crippen LogP contribution is -2.43. The van der Waals surface area contributed by atoms with Crippen molar-refractivity contribution >= 4 is 11.3 Å². The molecule has 21 heavy (non-hydrogen) atoms. The Balaban J connectivity index is 1.86. The molecule has 4 rings (SSSR count). The van der Waals surface area contributed by atoms with E-state index in [0.29, 0.717) is 0 Å². The molecule has 1 heterocycles. The predicted molar refractivity (Wildman–Crippen MR) is 88.0 cm³/mol. The van der Waals surface area contributed by atoms with E-state index in [9.17, 15) is 0 Å². The minimum Gasteiger partial charge on any atom is -0.305 e. The van der Waals surface area contributed by atoms with E-state index < -0.39 is 0 Å². The lowest BCUT2D eigenvalue weighted by molar-refractivity contribution is 0.368. The second-order valence-corrected chi connectivity index (χ2v) is 7.35. The van der Waals surface area contributed by atoms with Gasteiger partial charge in [0.1, 0.15) is 5.01 Å². The Morgan fingerprint density at radius 2 is 1.95 bits per heavy atom. The molecule has 2 aliphatic rings. The zero-order chi connectivity index (χ0) is 14.3. The van der Waals surface area contributed by atoms with Crippen molar-refractivity contribution in [2.45, 2.75) is 50.5 Å². The fraction of sp³-hybridized carbons (Fsp3) is 0.500. The zero-order valence-corrected chi connectivity index (χ0v) is 13.4. The van der Waals surface area contributed by atoms with Gasteiger partial charge in [0.15, 0.2) is 0 Å². The first-order valence-corrected chi connectivity index (χ1v) is 8.91. The average molecular weight is 298 g/mol. The number of benzene rings is 1. The predicted octanol–water partition coefficient (Wildman–Crippen LogP) is 3.82. The number of hydrogen-bond donors (Lipinski definition) is 1. The molecule has 0 saturated carbocycles. The molecular weight excluding hydrogens is 276 g/mol. The van der Waals surface area contributed by atoms with E-state index in [0.717, 1.165) is 6.42 Å². The first-order valence-electron chi connectivity index (χ1n) is 8.10. The Labute approximate surface area is 130 Å². The van der Waals surface area contributed by atoms with Crippen molar-refractivity contribution in [3.63, 3.8) is 0 Å². The quantitative estimate of drug-likeness (QED) is 0.911. The highest BCUT2D eigenvalue weighted by Gasteiger charge is 2.40. The third kappa shape index (κ3) is 2.06. The summed E-state index contributed by atoms with van der Waals surface area (Å²) in [6.07, 6.45) is 8.64. The summed E-state index contributed by atoms with van der Waals surface area (Å²) in [4.78, 5) is 6.61. The van der Waals surface area contributed by atoms with Gasteiger partial charge in [-0.1, -0.05) is 24.3 Å². The Kier molecular flexibility index (Phi) is 3.35. The van der Waals surface area contributed by atoms with E-state index in [4.69, 9.17) is 4.98 Å². The molecule has 0 amide bonds. The summed E-state index contributed by atoms with van der Waals surface area (Å²) >= 11 is 1.96. The summed E-state index contributed by atoms with van der Waals surface area (Å²) in [6.45, 7) is 0. The fourth-order valence-corrected chi connectivity index (χ4v) is 5.35. The minimum absolute atomic E-state index is 0.0587. The van der Waals surface area contributed by atoms with E-state index in [-0.39, 0.29) is 5.54 Å². The van der Waals surface area contributed by atoms with Crippen molar-refractivity contribution in [1.29, 1.82) is 0 Å². The lowest BCUT2D eigenvalue weighted by atomic mass is 9.77. The van der Waals surface area contributed by atoms with Crippen LogP contribution < -0.4 is 5.32 Å². The molecule has 0 bridgehead atoms. The molecule has 1 unspecified atom stereocenters. The van der Waals surface area contributed by atoms with Gasteiger partial charge in [-0.3, -0.25) is 0 Å². The monoisotopic (exact) mass is 298 g/mol. The van der Waals surface area contributed by atoms with Crippen molar-refractivity contribution in [2.24, 2.45) is 0 Å². The summed E-state index contributed by atoms with van der Waals surface area (Å²) < 4.78 is 0. The molecule has 1 atom stereocenters. The molecule has 1 N–H and O–H groups in total. The molecule has 0 aliphatic heterocycles. The number of nitrogens with zero attached hydrogens (tertiary/aromatic N) is 1. The molecule has 1 aromatic heterocycles. The Hall–Kier alpha value is -1.19. The smallest absolute Gasteiger partial charge is 0.118 e. The van der Waals surface area contributed by atoms with Crippen LogP contribution in [0, 0.1) is 0 Å². The molecule has 0 radical (unpaired) electrons. The molecule has 0 spiro atoms. The molecule has 1 aromatic carbocycles. The van der Waals surface area contributed by atoms with Crippen LogP contribution in [0.5, 0.6) is 0 Å². The van der Waals surface area contributed by atoms with Gasteiger partial charge in [0, 0.05) is 4.88 Å². The van der Waals surface area contributed by atoms with Crippen molar-refractivity contribution < 1.29 is 0 Å². The minimum atomic E-state index is -0.0587. The number of hydrogen-bond acceptors (Lipinski definition) is 3. The summed E-state index contributed by atoms with van der Waals surface area (Å²) in [6, 6.07) is 8.92. The second-order valence-electron chi connectivity index (χ2n) is 6.26. The molecule has 2 nitrogen and oxygen atoms in total. The van der Waals surface area contributed by atoms with Gasteiger partial charge >= 0.3 is 0 Å². The van der Waals surface area contributed by atoms with Crippen LogP contribution in [0.25, 0.3) is 0 Å². The summed E-state index contributed by atoms with van der Waals surface area (Å²) in [5.74, 6) is 0. The molecule has 0 fully saturated rings. The molecular formula is C18H22N2S. The van der Waals surface area contributed by atoms with Crippen LogP contribution in [0.1, 0.15) is 52.4 Å². The van der Waals surface area contributed by atoms with Gasteiger partial charge in [0.05, 0.1) is 11.2 Å². The van der Waals surface area contributed by atoms with Crippen LogP contribution in [-0.4, -0.2) is 12.0 Å². The maximum atomic E-state index is 5.07. The van der Waals surface area contributed by atoms with Crippen molar-refractivity contribution in [3.8, 4) is 0 Å². The number of rotatable bonds is 2. The van der Waals surface area contributed by atoms with Gasteiger partial charge in [-0.2, -0.15) is 0 Å². The first kappa shape index (κ1) is 13.5. The number of nitrogens with one attached hydrogen (secondary N) is 1. The summed E-state index contributed by atoms with van der Waals surface area (Å²) in [5.41, 5.74) is 4.26.